The van der Waals surface area contributed by atoms with Gasteiger partial charge in [-0.15, -0.1) is 0 Å². The van der Waals surface area contributed by atoms with Gasteiger partial charge in [-0.1, -0.05) is 23.2 Å². The number of aliphatic hydroxyl groups excluding tert-OH is 2. The van der Waals surface area contributed by atoms with E-state index in [4.69, 9.17) is 33.0 Å². The highest BCUT2D eigenvalue weighted by Gasteiger charge is 2.75. The molecular weight excluding hydrogens is 319 g/mol. The molecule has 1 aliphatic carbocycles. The van der Waals surface area contributed by atoms with Crippen molar-refractivity contribution in [1.29, 1.82) is 0 Å². The quantitative estimate of drug-likeness (QED) is 0.769. The minimum Gasteiger partial charge on any atom is -0.396 e. The van der Waals surface area contributed by atoms with Crippen molar-refractivity contribution in [2.75, 3.05) is 6.61 Å². The highest BCUT2D eigenvalue weighted by atomic mass is 35.5. The van der Waals surface area contributed by atoms with Crippen LogP contribution in [-0.2, 0) is 4.74 Å². The minimum absolute atomic E-state index is 0.225. The zero-order chi connectivity index (χ0) is 14.9. The molecule has 0 radical (unpaired) electrons. The fraction of sp³-hybridized carbons (Fsp3) is 0.462. The standard InChI is InChI=1S/C13H12Cl2N2O4/c14-6-1-8-9(2-7(6)15)17(4-16-8)12-11(19)10-5(3-18)13(10,20)21-12/h1-2,4-5,10-12,18-20H,3H2/t5-,10?,11?,12-,13?/m1/s1. The Balaban J connectivity index is 1.74. The van der Waals surface area contributed by atoms with E-state index >= 15 is 0 Å². The van der Waals surface area contributed by atoms with Gasteiger partial charge in [-0.3, -0.25) is 0 Å². The average Bonchev–Trinajstić information content (AvgIpc) is 2.70. The van der Waals surface area contributed by atoms with E-state index < -0.39 is 30.0 Å². The van der Waals surface area contributed by atoms with Crippen molar-refractivity contribution in [3.8, 4) is 0 Å². The molecule has 4 rings (SSSR count). The maximum Gasteiger partial charge on any atom is 0.179 e. The van der Waals surface area contributed by atoms with Crippen LogP contribution < -0.4 is 0 Å². The van der Waals surface area contributed by atoms with Gasteiger partial charge in [-0.2, -0.15) is 0 Å². The summed E-state index contributed by atoms with van der Waals surface area (Å²) in [6.45, 7) is -0.225. The van der Waals surface area contributed by atoms with Crippen LogP contribution in [0.15, 0.2) is 18.5 Å². The number of halogens is 2. The fourth-order valence-electron chi connectivity index (χ4n) is 3.23. The molecule has 5 atom stereocenters. The molecule has 112 valence electrons. The van der Waals surface area contributed by atoms with Crippen molar-refractivity contribution in [3.05, 3.63) is 28.5 Å². The summed E-state index contributed by atoms with van der Waals surface area (Å²) in [4.78, 5) is 4.20. The van der Waals surface area contributed by atoms with Crippen molar-refractivity contribution in [1.82, 2.24) is 9.55 Å². The highest BCUT2D eigenvalue weighted by molar-refractivity contribution is 6.42. The van der Waals surface area contributed by atoms with Gasteiger partial charge >= 0.3 is 0 Å². The van der Waals surface area contributed by atoms with E-state index in [-0.39, 0.29) is 6.61 Å². The van der Waals surface area contributed by atoms with Gasteiger partial charge in [0.15, 0.2) is 12.0 Å². The zero-order valence-electron chi connectivity index (χ0n) is 10.6. The van der Waals surface area contributed by atoms with E-state index in [1.165, 1.54) is 6.33 Å². The van der Waals surface area contributed by atoms with Crippen LogP contribution in [0.3, 0.4) is 0 Å². The first-order valence-electron chi connectivity index (χ1n) is 6.48. The molecule has 1 saturated heterocycles. The predicted octanol–water partition coefficient (Wildman–Crippen LogP) is 1.16. The predicted molar refractivity (Wildman–Crippen MR) is 74.9 cm³/mol. The average molecular weight is 331 g/mol. The Bertz CT molecular complexity index is 736. The van der Waals surface area contributed by atoms with Gasteiger partial charge in [0.2, 0.25) is 0 Å². The molecule has 2 heterocycles. The van der Waals surface area contributed by atoms with Crippen molar-refractivity contribution in [2.45, 2.75) is 18.1 Å². The Morgan fingerprint density at radius 3 is 2.67 bits per heavy atom. The van der Waals surface area contributed by atoms with Gasteiger partial charge < -0.3 is 24.6 Å². The number of hydrogen-bond donors (Lipinski definition) is 3. The lowest BCUT2D eigenvalue weighted by atomic mass is 10.1. The van der Waals surface area contributed by atoms with Crippen LogP contribution in [0.25, 0.3) is 11.0 Å². The van der Waals surface area contributed by atoms with E-state index in [0.717, 1.165) is 0 Å². The molecule has 3 N–H and O–H groups in total. The van der Waals surface area contributed by atoms with E-state index in [1.807, 2.05) is 0 Å². The number of imidazole rings is 1. The summed E-state index contributed by atoms with van der Waals surface area (Å²) >= 11 is 12.0. The van der Waals surface area contributed by atoms with Gasteiger partial charge in [-0.05, 0) is 12.1 Å². The van der Waals surface area contributed by atoms with E-state index in [1.54, 1.807) is 16.7 Å². The summed E-state index contributed by atoms with van der Waals surface area (Å²) in [5.74, 6) is -2.41. The molecule has 1 aromatic heterocycles. The largest absolute Gasteiger partial charge is 0.396 e. The summed E-state index contributed by atoms with van der Waals surface area (Å²) < 4.78 is 7.17. The number of aliphatic hydroxyl groups is 3. The lowest BCUT2D eigenvalue weighted by molar-refractivity contribution is -0.181. The van der Waals surface area contributed by atoms with Crippen molar-refractivity contribution in [2.24, 2.45) is 11.8 Å². The van der Waals surface area contributed by atoms with Crippen LogP contribution in [0.1, 0.15) is 6.23 Å². The van der Waals surface area contributed by atoms with Crippen LogP contribution in [0.4, 0.5) is 0 Å². The van der Waals surface area contributed by atoms with Crippen LogP contribution in [0.2, 0.25) is 10.0 Å². The van der Waals surface area contributed by atoms with E-state index in [9.17, 15) is 10.2 Å². The maximum absolute atomic E-state index is 10.3. The van der Waals surface area contributed by atoms with Crippen LogP contribution in [0.5, 0.6) is 0 Å². The molecule has 3 unspecified atom stereocenters. The van der Waals surface area contributed by atoms with Gasteiger partial charge in [0, 0.05) is 5.92 Å². The Kier molecular flexibility index (Phi) is 2.83. The maximum atomic E-state index is 10.3. The SMILES string of the molecule is OC[C@@H]1C2C(O)[C@H](n3cnc4cc(Cl)c(Cl)cc43)OC21O. The molecule has 21 heavy (non-hydrogen) atoms. The number of benzene rings is 1. The molecule has 2 fully saturated rings. The second-order valence-corrected chi connectivity index (χ2v) is 6.29. The molecule has 6 nitrogen and oxygen atoms in total. The Labute approximate surface area is 129 Å². The third-order valence-corrected chi connectivity index (χ3v) is 5.11. The van der Waals surface area contributed by atoms with Crippen molar-refractivity contribution >= 4 is 34.2 Å². The minimum atomic E-state index is -1.47. The molecule has 2 aliphatic rings. The van der Waals surface area contributed by atoms with Crippen LogP contribution >= 0.6 is 23.2 Å². The van der Waals surface area contributed by atoms with Crippen molar-refractivity contribution < 1.29 is 20.1 Å². The first kappa shape index (κ1) is 13.8. The number of fused-ring (bicyclic) bond motifs is 2. The molecule has 1 aromatic carbocycles. The molecule has 1 aliphatic heterocycles. The van der Waals surface area contributed by atoms with Gasteiger partial charge in [0.05, 0.1) is 39.9 Å². The summed E-state index contributed by atoms with van der Waals surface area (Å²) in [6.07, 6.45) is -0.197. The molecule has 2 aromatic rings. The Morgan fingerprint density at radius 2 is 2.05 bits per heavy atom. The van der Waals surface area contributed by atoms with Crippen molar-refractivity contribution in [3.63, 3.8) is 0 Å². The Morgan fingerprint density at radius 1 is 1.33 bits per heavy atom. The number of ether oxygens (including phenoxy) is 1. The molecule has 1 saturated carbocycles. The number of hydrogen-bond acceptors (Lipinski definition) is 5. The normalized spacial score (nSPS) is 38.0. The van der Waals surface area contributed by atoms with Crippen LogP contribution in [-0.4, -0.2) is 43.4 Å². The highest BCUT2D eigenvalue weighted by Crippen LogP contribution is 2.62. The van der Waals surface area contributed by atoms with Crippen LogP contribution in [0, 0.1) is 11.8 Å². The molecule has 0 spiro atoms. The lowest BCUT2D eigenvalue weighted by Crippen LogP contribution is -2.27. The second kappa shape index (κ2) is 4.32. The van der Waals surface area contributed by atoms with Gasteiger partial charge in [-0.25, -0.2) is 4.98 Å². The summed E-state index contributed by atoms with van der Waals surface area (Å²) in [6, 6.07) is 3.27. The van der Waals surface area contributed by atoms with Gasteiger partial charge in [0.25, 0.3) is 0 Å². The Hall–Kier alpha value is -0.890. The van der Waals surface area contributed by atoms with E-state index in [2.05, 4.69) is 4.98 Å². The number of aromatic nitrogens is 2. The lowest BCUT2D eigenvalue weighted by Gasteiger charge is -2.22. The monoisotopic (exact) mass is 330 g/mol. The first-order chi connectivity index (χ1) is 9.97. The van der Waals surface area contributed by atoms with Gasteiger partial charge in [0.1, 0.15) is 6.10 Å². The smallest absolute Gasteiger partial charge is 0.179 e. The molecular formula is C13H12Cl2N2O4. The number of nitrogens with zero attached hydrogens (tertiary/aromatic N) is 2. The summed E-state index contributed by atoms with van der Waals surface area (Å²) in [7, 11) is 0. The molecule has 0 amide bonds. The second-order valence-electron chi connectivity index (χ2n) is 5.47. The third kappa shape index (κ3) is 1.72. The fourth-order valence-corrected chi connectivity index (χ4v) is 3.54. The topological polar surface area (TPSA) is 87.7 Å². The first-order valence-corrected chi connectivity index (χ1v) is 7.23. The molecule has 8 heteroatoms. The number of rotatable bonds is 2. The van der Waals surface area contributed by atoms with E-state index in [0.29, 0.717) is 21.1 Å². The molecule has 0 bridgehead atoms. The third-order valence-electron chi connectivity index (χ3n) is 4.39. The summed E-state index contributed by atoms with van der Waals surface area (Å²) in [5.41, 5.74) is 1.27. The zero-order valence-corrected chi connectivity index (χ0v) is 12.2. The summed E-state index contributed by atoms with van der Waals surface area (Å²) in [5, 5.41) is 30.4.